The molecule has 1 N–H and O–H groups in total. The predicted octanol–water partition coefficient (Wildman–Crippen LogP) is 1.15. The van der Waals surface area contributed by atoms with E-state index < -0.39 is 9.84 Å². The van der Waals surface area contributed by atoms with Gasteiger partial charge < -0.3 is 5.32 Å². The quantitative estimate of drug-likeness (QED) is 0.803. The van der Waals surface area contributed by atoms with E-state index in [9.17, 15) is 8.42 Å². The number of nitrogens with one attached hydrogen (secondary N) is 1. The Kier molecular flexibility index (Phi) is 4.44. The van der Waals surface area contributed by atoms with Gasteiger partial charge in [-0.2, -0.15) is 0 Å². The first kappa shape index (κ1) is 13.9. The lowest BCUT2D eigenvalue weighted by Gasteiger charge is -2.04. The second-order valence-corrected chi connectivity index (χ2v) is 6.77. The minimum absolute atomic E-state index is 0.212. The number of benzene rings is 1. The SMILES string of the molecule is CS(=O)(=O)CCCNCc1cnc2ccccc2n1. The van der Waals surface area contributed by atoms with Crippen molar-refractivity contribution in [3.8, 4) is 0 Å². The molecule has 0 unspecified atom stereocenters. The maximum atomic E-state index is 11.0. The summed E-state index contributed by atoms with van der Waals surface area (Å²) in [5.41, 5.74) is 2.61. The predicted molar refractivity (Wildman–Crippen MR) is 75.6 cm³/mol. The van der Waals surface area contributed by atoms with Crippen LogP contribution >= 0.6 is 0 Å². The highest BCUT2D eigenvalue weighted by Crippen LogP contribution is 2.08. The van der Waals surface area contributed by atoms with E-state index >= 15 is 0 Å². The van der Waals surface area contributed by atoms with E-state index in [-0.39, 0.29) is 5.75 Å². The van der Waals surface area contributed by atoms with Gasteiger partial charge >= 0.3 is 0 Å². The molecule has 0 aliphatic carbocycles. The lowest BCUT2D eigenvalue weighted by Crippen LogP contribution is -2.18. The van der Waals surface area contributed by atoms with Crippen LogP contribution in [0.25, 0.3) is 11.0 Å². The first-order chi connectivity index (χ1) is 9.04. The molecule has 1 aromatic heterocycles. The van der Waals surface area contributed by atoms with Crippen LogP contribution in [-0.4, -0.2) is 36.9 Å². The Morgan fingerprint density at radius 1 is 1.21 bits per heavy atom. The van der Waals surface area contributed by atoms with Crippen LogP contribution in [0.4, 0.5) is 0 Å². The molecule has 2 rings (SSSR count). The van der Waals surface area contributed by atoms with Gasteiger partial charge in [-0.25, -0.2) is 13.4 Å². The fraction of sp³-hybridized carbons (Fsp3) is 0.385. The molecular formula is C13H17N3O2S. The van der Waals surface area contributed by atoms with Gasteiger partial charge in [-0.15, -0.1) is 0 Å². The molecule has 0 atom stereocenters. The molecule has 1 heterocycles. The Morgan fingerprint density at radius 3 is 2.68 bits per heavy atom. The molecule has 2 aromatic rings. The summed E-state index contributed by atoms with van der Waals surface area (Å²) in [4.78, 5) is 8.80. The summed E-state index contributed by atoms with van der Waals surface area (Å²) in [6.45, 7) is 1.25. The van der Waals surface area contributed by atoms with Gasteiger partial charge in [-0.3, -0.25) is 4.98 Å². The maximum Gasteiger partial charge on any atom is 0.147 e. The van der Waals surface area contributed by atoms with Crippen LogP contribution in [-0.2, 0) is 16.4 Å². The van der Waals surface area contributed by atoms with E-state index in [0.717, 1.165) is 16.7 Å². The third-order valence-corrected chi connectivity index (χ3v) is 3.70. The van der Waals surface area contributed by atoms with Gasteiger partial charge in [0.05, 0.1) is 28.7 Å². The number of aromatic nitrogens is 2. The number of nitrogens with zero attached hydrogens (tertiary/aromatic N) is 2. The highest BCUT2D eigenvalue weighted by Gasteiger charge is 2.02. The second kappa shape index (κ2) is 6.08. The summed E-state index contributed by atoms with van der Waals surface area (Å²) in [5, 5.41) is 3.17. The van der Waals surface area contributed by atoms with Crippen LogP contribution in [0.15, 0.2) is 30.5 Å². The molecule has 6 heteroatoms. The molecule has 19 heavy (non-hydrogen) atoms. The van der Waals surface area contributed by atoms with E-state index in [4.69, 9.17) is 0 Å². The van der Waals surface area contributed by atoms with Gasteiger partial charge in [0.25, 0.3) is 0 Å². The van der Waals surface area contributed by atoms with Crippen LogP contribution in [0.3, 0.4) is 0 Å². The lowest BCUT2D eigenvalue weighted by atomic mass is 10.3. The third-order valence-electron chi connectivity index (χ3n) is 2.67. The van der Waals surface area contributed by atoms with Gasteiger partial charge in [0, 0.05) is 12.8 Å². The zero-order valence-electron chi connectivity index (χ0n) is 10.8. The zero-order valence-corrected chi connectivity index (χ0v) is 11.7. The van der Waals surface area contributed by atoms with Gasteiger partial charge in [0.2, 0.25) is 0 Å². The Hall–Kier alpha value is -1.53. The fourth-order valence-electron chi connectivity index (χ4n) is 1.76. The first-order valence-corrected chi connectivity index (χ1v) is 8.20. The van der Waals surface area contributed by atoms with Crippen molar-refractivity contribution in [1.82, 2.24) is 15.3 Å². The highest BCUT2D eigenvalue weighted by molar-refractivity contribution is 7.90. The van der Waals surface area contributed by atoms with Gasteiger partial charge in [-0.05, 0) is 25.1 Å². The number of hydrogen-bond acceptors (Lipinski definition) is 5. The van der Waals surface area contributed by atoms with Gasteiger partial charge in [-0.1, -0.05) is 12.1 Å². The minimum Gasteiger partial charge on any atom is -0.311 e. The Morgan fingerprint density at radius 2 is 1.95 bits per heavy atom. The number of para-hydroxylation sites is 2. The highest BCUT2D eigenvalue weighted by atomic mass is 32.2. The number of sulfone groups is 1. The third kappa shape index (κ3) is 4.57. The van der Waals surface area contributed by atoms with Crippen molar-refractivity contribution in [3.05, 3.63) is 36.2 Å². The van der Waals surface area contributed by atoms with Gasteiger partial charge in [0.15, 0.2) is 0 Å². The molecule has 0 aliphatic rings. The molecule has 0 radical (unpaired) electrons. The molecule has 102 valence electrons. The van der Waals surface area contributed by atoms with E-state index in [1.54, 1.807) is 6.20 Å². The molecular weight excluding hydrogens is 262 g/mol. The normalized spacial score (nSPS) is 11.8. The van der Waals surface area contributed by atoms with Crippen LogP contribution < -0.4 is 5.32 Å². The van der Waals surface area contributed by atoms with Crippen molar-refractivity contribution in [2.24, 2.45) is 0 Å². The monoisotopic (exact) mass is 279 g/mol. The fourth-order valence-corrected chi connectivity index (χ4v) is 2.43. The van der Waals surface area contributed by atoms with Crippen LogP contribution in [0.1, 0.15) is 12.1 Å². The Bertz CT molecular complexity index is 656. The molecule has 0 saturated carbocycles. The molecule has 5 nitrogen and oxygen atoms in total. The van der Waals surface area contributed by atoms with Gasteiger partial charge in [0.1, 0.15) is 9.84 Å². The van der Waals surface area contributed by atoms with Crippen molar-refractivity contribution >= 4 is 20.9 Å². The topological polar surface area (TPSA) is 72.0 Å². The summed E-state index contributed by atoms with van der Waals surface area (Å²) < 4.78 is 21.9. The second-order valence-electron chi connectivity index (χ2n) is 4.51. The maximum absolute atomic E-state index is 11.0. The molecule has 1 aromatic carbocycles. The molecule has 0 bridgehead atoms. The van der Waals surface area contributed by atoms with Crippen molar-refractivity contribution in [2.45, 2.75) is 13.0 Å². The Balaban J connectivity index is 1.85. The van der Waals surface area contributed by atoms with Crippen molar-refractivity contribution < 1.29 is 8.42 Å². The molecule has 0 saturated heterocycles. The van der Waals surface area contributed by atoms with Crippen LogP contribution in [0, 0.1) is 0 Å². The smallest absolute Gasteiger partial charge is 0.147 e. The van der Waals surface area contributed by atoms with E-state index in [1.165, 1.54) is 6.26 Å². The summed E-state index contributed by atoms with van der Waals surface area (Å²) in [7, 11) is -2.87. The summed E-state index contributed by atoms with van der Waals surface area (Å²) in [6, 6.07) is 7.71. The standard InChI is InChI=1S/C13H17N3O2S/c1-19(17,18)8-4-7-14-9-11-10-15-12-5-2-3-6-13(12)16-11/h2-3,5-6,10,14H,4,7-9H2,1H3. The molecule has 0 spiro atoms. The largest absolute Gasteiger partial charge is 0.311 e. The number of rotatable bonds is 6. The van der Waals surface area contributed by atoms with E-state index in [0.29, 0.717) is 19.5 Å². The van der Waals surface area contributed by atoms with Crippen molar-refractivity contribution in [3.63, 3.8) is 0 Å². The summed E-state index contributed by atoms with van der Waals surface area (Å²) in [5.74, 6) is 0.212. The van der Waals surface area contributed by atoms with Crippen molar-refractivity contribution in [2.75, 3.05) is 18.6 Å². The lowest BCUT2D eigenvalue weighted by molar-refractivity contribution is 0.593. The average molecular weight is 279 g/mol. The average Bonchev–Trinajstić information content (AvgIpc) is 2.37. The first-order valence-electron chi connectivity index (χ1n) is 6.14. The van der Waals surface area contributed by atoms with Crippen LogP contribution in [0.2, 0.25) is 0 Å². The zero-order chi connectivity index (χ0) is 13.7. The summed E-state index contributed by atoms with van der Waals surface area (Å²) in [6.07, 6.45) is 3.60. The summed E-state index contributed by atoms with van der Waals surface area (Å²) >= 11 is 0. The molecule has 0 fully saturated rings. The number of hydrogen-bond donors (Lipinski definition) is 1. The van der Waals surface area contributed by atoms with E-state index in [1.807, 2.05) is 24.3 Å². The van der Waals surface area contributed by atoms with Crippen LogP contribution in [0.5, 0.6) is 0 Å². The van der Waals surface area contributed by atoms with Crippen molar-refractivity contribution in [1.29, 1.82) is 0 Å². The molecule has 0 amide bonds. The minimum atomic E-state index is -2.87. The Labute approximate surface area is 113 Å². The molecule has 0 aliphatic heterocycles. The van der Waals surface area contributed by atoms with E-state index in [2.05, 4.69) is 15.3 Å². The number of fused-ring (bicyclic) bond motifs is 1.